The van der Waals surface area contributed by atoms with Gasteiger partial charge in [-0.2, -0.15) is 5.10 Å². The van der Waals surface area contributed by atoms with E-state index in [9.17, 15) is 4.79 Å². The third-order valence-corrected chi connectivity index (χ3v) is 4.71. The molecule has 0 radical (unpaired) electrons. The Hall–Kier alpha value is -2.83. The maximum absolute atomic E-state index is 12.5. The van der Waals surface area contributed by atoms with Crippen LogP contribution in [0.4, 0.5) is 0 Å². The SMILES string of the molecule is CN(CCOc1ccc(Cl)cc1)CC(=O)N(C)Cc1cnn(-c2ccccc2)c1. The van der Waals surface area contributed by atoms with E-state index < -0.39 is 0 Å². The van der Waals surface area contributed by atoms with E-state index in [1.165, 1.54) is 0 Å². The number of benzene rings is 2. The molecule has 0 spiro atoms. The largest absolute Gasteiger partial charge is 0.492 e. The molecule has 1 heterocycles. The van der Waals surface area contributed by atoms with E-state index in [1.54, 1.807) is 30.3 Å². The second-order valence-electron chi connectivity index (χ2n) is 6.92. The first-order chi connectivity index (χ1) is 14.0. The molecular weight excluding hydrogens is 388 g/mol. The van der Waals surface area contributed by atoms with Crippen molar-refractivity contribution in [3.8, 4) is 11.4 Å². The molecule has 3 rings (SSSR count). The fourth-order valence-electron chi connectivity index (χ4n) is 2.81. The van der Waals surface area contributed by atoms with E-state index in [0.29, 0.717) is 31.3 Å². The standard InChI is InChI=1S/C22H25ClN4O2/c1-25(12-13-29-21-10-8-19(23)9-11-21)17-22(28)26(2)15-18-14-24-27(16-18)20-6-4-3-5-7-20/h3-11,14,16H,12-13,15,17H2,1-2H3. The van der Waals surface area contributed by atoms with Crippen LogP contribution in [0.5, 0.6) is 5.75 Å². The van der Waals surface area contributed by atoms with Gasteiger partial charge in [-0.3, -0.25) is 9.69 Å². The van der Waals surface area contributed by atoms with Gasteiger partial charge in [0.1, 0.15) is 12.4 Å². The smallest absolute Gasteiger partial charge is 0.236 e. The number of nitrogens with zero attached hydrogens (tertiary/aromatic N) is 4. The number of likely N-dealkylation sites (N-methyl/N-ethyl adjacent to an activating group) is 2. The summed E-state index contributed by atoms with van der Waals surface area (Å²) in [6, 6.07) is 17.1. The molecule has 0 atom stereocenters. The van der Waals surface area contributed by atoms with Crippen LogP contribution in [0.15, 0.2) is 67.0 Å². The summed E-state index contributed by atoms with van der Waals surface area (Å²) in [6.07, 6.45) is 3.74. The van der Waals surface area contributed by atoms with E-state index in [2.05, 4.69) is 5.10 Å². The minimum Gasteiger partial charge on any atom is -0.492 e. The summed E-state index contributed by atoms with van der Waals surface area (Å²) in [5.74, 6) is 0.813. The molecule has 0 aliphatic rings. The maximum atomic E-state index is 12.5. The van der Waals surface area contributed by atoms with Gasteiger partial charge in [-0.25, -0.2) is 4.68 Å². The molecule has 0 bridgehead atoms. The van der Waals surface area contributed by atoms with Gasteiger partial charge in [0.25, 0.3) is 0 Å². The van der Waals surface area contributed by atoms with E-state index >= 15 is 0 Å². The molecule has 7 heteroatoms. The van der Waals surface area contributed by atoms with Crippen molar-refractivity contribution in [2.24, 2.45) is 0 Å². The number of hydrogen-bond acceptors (Lipinski definition) is 4. The summed E-state index contributed by atoms with van der Waals surface area (Å²) in [5.41, 5.74) is 1.98. The van der Waals surface area contributed by atoms with Gasteiger partial charge in [0.05, 0.1) is 18.4 Å². The summed E-state index contributed by atoms with van der Waals surface area (Å²) in [6.45, 7) is 1.99. The average molecular weight is 413 g/mol. The van der Waals surface area contributed by atoms with Crippen molar-refractivity contribution in [3.63, 3.8) is 0 Å². The van der Waals surface area contributed by atoms with Crippen LogP contribution in [-0.2, 0) is 11.3 Å². The zero-order valence-electron chi connectivity index (χ0n) is 16.7. The van der Waals surface area contributed by atoms with E-state index in [0.717, 1.165) is 17.0 Å². The number of aromatic nitrogens is 2. The van der Waals surface area contributed by atoms with Gasteiger partial charge in [-0.15, -0.1) is 0 Å². The highest BCUT2D eigenvalue weighted by Gasteiger charge is 2.13. The second-order valence-corrected chi connectivity index (χ2v) is 7.36. The molecule has 2 aromatic carbocycles. The molecule has 152 valence electrons. The summed E-state index contributed by atoms with van der Waals surface area (Å²) in [4.78, 5) is 16.2. The Morgan fingerprint density at radius 3 is 2.55 bits per heavy atom. The monoisotopic (exact) mass is 412 g/mol. The van der Waals surface area contributed by atoms with Crippen LogP contribution >= 0.6 is 11.6 Å². The molecule has 0 fully saturated rings. The Balaban J connectivity index is 1.42. The number of halogens is 1. The molecule has 29 heavy (non-hydrogen) atoms. The van der Waals surface area contributed by atoms with Gasteiger partial charge >= 0.3 is 0 Å². The van der Waals surface area contributed by atoms with Crippen LogP contribution in [0.25, 0.3) is 5.69 Å². The molecule has 1 aromatic heterocycles. The molecule has 0 saturated carbocycles. The summed E-state index contributed by atoms with van der Waals surface area (Å²) in [7, 11) is 3.71. The quantitative estimate of drug-likeness (QED) is 0.539. The molecule has 0 unspecified atom stereocenters. The van der Waals surface area contributed by atoms with Crippen LogP contribution in [0.2, 0.25) is 5.02 Å². The summed E-state index contributed by atoms with van der Waals surface area (Å²) in [5, 5.41) is 5.06. The van der Waals surface area contributed by atoms with Gasteiger partial charge in [-0.05, 0) is 43.4 Å². The molecular formula is C22H25ClN4O2. The van der Waals surface area contributed by atoms with Gasteiger partial charge in [0.15, 0.2) is 0 Å². The van der Waals surface area contributed by atoms with Crippen LogP contribution in [0, 0.1) is 0 Å². The van der Waals surface area contributed by atoms with Crippen molar-refractivity contribution < 1.29 is 9.53 Å². The Bertz CT molecular complexity index is 912. The zero-order valence-corrected chi connectivity index (χ0v) is 17.4. The number of amides is 1. The Morgan fingerprint density at radius 2 is 1.83 bits per heavy atom. The lowest BCUT2D eigenvalue weighted by molar-refractivity contribution is -0.131. The average Bonchev–Trinajstić information content (AvgIpc) is 3.18. The number of carbonyl (C=O) groups excluding carboxylic acids is 1. The van der Waals surface area contributed by atoms with Crippen LogP contribution in [-0.4, -0.2) is 59.3 Å². The van der Waals surface area contributed by atoms with Crippen LogP contribution in [0.3, 0.4) is 0 Å². The molecule has 0 saturated heterocycles. The van der Waals surface area contributed by atoms with Crippen LogP contribution < -0.4 is 4.74 Å². The molecule has 6 nitrogen and oxygen atoms in total. The van der Waals surface area contributed by atoms with E-state index in [-0.39, 0.29) is 5.91 Å². The predicted octanol–water partition coefficient (Wildman–Crippen LogP) is 3.49. The zero-order chi connectivity index (χ0) is 20.6. The maximum Gasteiger partial charge on any atom is 0.236 e. The van der Waals surface area contributed by atoms with E-state index in [4.69, 9.17) is 16.3 Å². The molecule has 1 amide bonds. The van der Waals surface area contributed by atoms with Crippen molar-refractivity contribution in [2.45, 2.75) is 6.54 Å². The van der Waals surface area contributed by atoms with Crippen molar-refractivity contribution in [1.29, 1.82) is 0 Å². The third-order valence-electron chi connectivity index (χ3n) is 4.46. The lowest BCUT2D eigenvalue weighted by Crippen LogP contribution is -2.37. The lowest BCUT2D eigenvalue weighted by atomic mass is 10.3. The fourth-order valence-corrected chi connectivity index (χ4v) is 2.93. The number of hydrogen-bond donors (Lipinski definition) is 0. The Kier molecular flexibility index (Phi) is 7.27. The lowest BCUT2D eigenvalue weighted by Gasteiger charge is -2.21. The molecule has 0 aliphatic heterocycles. The fraction of sp³-hybridized carbons (Fsp3) is 0.273. The summed E-state index contributed by atoms with van der Waals surface area (Å²) >= 11 is 5.86. The first-order valence-corrected chi connectivity index (χ1v) is 9.79. The van der Waals surface area contributed by atoms with E-state index in [1.807, 2.05) is 65.3 Å². The molecule has 0 aliphatic carbocycles. The molecule has 0 N–H and O–H groups in total. The van der Waals surface area contributed by atoms with Crippen molar-refractivity contribution in [3.05, 3.63) is 77.6 Å². The number of rotatable bonds is 9. The van der Waals surface area contributed by atoms with Gasteiger partial charge < -0.3 is 9.64 Å². The minimum atomic E-state index is 0.0476. The highest BCUT2D eigenvalue weighted by Crippen LogP contribution is 2.15. The first-order valence-electron chi connectivity index (χ1n) is 9.41. The Labute approximate surface area is 176 Å². The number of ether oxygens (including phenoxy) is 1. The topological polar surface area (TPSA) is 50.6 Å². The van der Waals surface area contributed by atoms with Crippen molar-refractivity contribution in [1.82, 2.24) is 19.6 Å². The first kappa shape index (κ1) is 20.9. The predicted molar refractivity (Wildman–Crippen MR) is 114 cm³/mol. The normalized spacial score (nSPS) is 10.9. The molecule has 3 aromatic rings. The number of carbonyl (C=O) groups is 1. The highest BCUT2D eigenvalue weighted by molar-refractivity contribution is 6.30. The van der Waals surface area contributed by atoms with Crippen LogP contribution in [0.1, 0.15) is 5.56 Å². The Morgan fingerprint density at radius 1 is 1.10 bits per heavy atom. The van der Waals surface area contributed by atoms with Gasteiger partial charge in [0.2, 0.25) is 5.91 Å². The van der Waals surface area contributed by atoms with Gasteiger partial charge in [0, 0.05) is 36.9 Å². The minimum absolute atomic E-state index is 0.0476. The third kappa shape index (κ3) is 6.34. The second kappa shape index (κ2) is 10.1. The van der Waals surface area contributed by atoms with Gasteiger partial charge in [-0.1, -0.05) is 29.8 Å². The number of para-hydroxylation sites is 1. The highest BCUT2D eigenvalue weighted by atomic mass is 35.5. The van der Waals surface area contributed by atoms with Crippen molar-refractivity contribution in [2.75, 3.05) is 33.8 Å². The van der Waals surface area contributed by atoms with Crippen molar-refractivity contribution >= 4 is 17.5 Å². The summed E-state index contributed by atoms with van der Waals surface area (Å²) < 4.78 is 7.49.